The molecule has 1 aliphatic carbocycles. The minimum Gasteiger partial charge on any atom is -0.443 e. The number of hydrogen-bond donors (Lipinski definition) is 0. The highest BCUT2D eigenvalue weighted by molar-refractivity contribution is 5.92. The van der Waals surface area contributed by atoms with Crippen LogP contribution < -0.4 is 4.90 Å². The average molecular weight is 287 g/mol. The van der Waals surface area contributed by atoms with Gasteiger partial charge in [0, 0.05) is 12.1 Å². The van der Waals surface area contributed by atoms with E-state index in [0.29, 0.717) is 5.92 Å². The van der Waals surface area contributed by atoms with Gasteiger partial charge in [-0.15, -0.1) is 0 Å². The number of carbonyl (C=O) groups excluding carboxylic acids is 1. The van der Waals surface area contributed by atoms with E-state index in [1.54, 1.807) is 4.90 Å². The lowest BCUT2D eigenvalue weighted by molar-refractivity contribution is 0.0578. The van der Waals surface area contributed by atoms with E-state index in [9.17, 15) is 4.79 Å². The number of carbonyl (C=O) groups is 1. The number of amides is 1. The van der Waals surface area contributed by atoms with Crippen LogP contribution >= 0.6 is 0 Å². The van der Waals surface area contributed by atoms with Crippen molar-refractivity contribution in [1.82, 2.24) is 0 Å². The Labute approximate surface area is 127 Å². The van der Waals surface area contributed by atoms with Gasteiger partial charge in [0.2, 0.25) is 0 Å². The van der Waals surface area contributed by atoms with Gasteiger partial charge < -0.3 is 4.74 Å². The van der Waals surface area contributed by atoms with Gasteiger partial charge in [-0.05, 0) is 58.1 Å². The molecule has 0 unspecified atom stereocenters. The van der Waals surface area contributed by atoms with E-state index in [1.165, 1.54) is 12.8 Å². The number of para-hydroxylation sites is 1. The second-order valence-electron chi connectivity index (χ2n) is 6.83. The van der Waals surface area contributed by atoms with Gasteiger partial charge in [0.1, 0.15) is 5.60 Å². The third-order valence-electron chi connectivity index (χ3n) is 3.41. The Morgan fingerprint density at radius 1 is 1.33 bits per heavy atom. The average Bonchev–Trinajstić information content (AvgIpc) is 3.17. The van der Waals surface area contributed by atoms with Crippen molar-refractivity contribution in [1.29, 1.82) is 0 Å². The van der Waals surface area contributed by atoms with Crippen molar-refractivity contribution in [2.75, 3.05) is 11.4 Å². The van der Waals surface area contributed by atoms with E-state index in [4.69, 9.17) is 4.74 Å². The Morgan fingerprint density at radius 3 is 2.48 bits per heavy atom. The van der Waals surface area contributed by atoms with Crippen molar-refractivity contribution >= 4 is 17.4 Å². The standard InChI is InChI=1S/C18H25NO2/c1-13(2)15-8-6-7-9-16(15)19(12-14-10-11-14)17(20)21-18(3,4)5/h6-9,14H,1,10-12H2,2-5H3. The van der Waals surface area contributed by atoms with Crippen molar-refractivity contribution in [3.8, 4) is 0 Å². The zero-order valence-corrected chi connectivity index (χ0v) is 13.5. The summed E-state index contributed by atoms with van der Waals surface area (Å²) in [6.45, 7) is 12.4. The predicted molar refractivity (Wildman–Crippen MR) is 87.5 cm³/mol. The smallest absolute Gasteiger partial charge is 0.414 e. The van der Waals surface area contributed by atoms with Gasteiger partial charge in [-0.2, -0.15) is 0 Å². The van der Waals surface area contributed by atoms with E-state index < -0.39 is 5.60 Å². The molecule has 21 heavy (non-hydrogen) atoms. The maximum atomic E-state index is 12.6. The summed E-state index contributed by atoms with van der Waals surface area (Å²) < 4.78 is 5.57. The second-order valence-corrected chi connectivity index (χ2v) is 6.83. The predicted octanol–water partition coefficient (Wildman–Crippen LogP) is 4.87. The van der Waals surface area contributed by atoms with Crippen molar-refractivity contribution in [2.24, 2.45) is 5.92 Å². The highest BCUT2D eigenvalue weighted by atomic mass is 16.6. The Morgan fingerprint density at radius 2 is 1.95 bits per heavy atom. The fourth-order valence-electron chi connectivity index (χ4n) is 2.22. The largest absolute Gasteiger partial charge is 0.443 e. The maximum absolute atomic E-state index is 12.6. The highest BCUT2D eigenvalue weighted by Crippen LogP contribution is 2.34. The molecule has 1 amide bonds. The van der Waals surface area contributed by atoms with Crippen LogP contribution in [0.25, 0.3) is 5.57 Å². The summed E-state index contributed by atoms with van der Waals surface area (Å²) >= 11 is 0. The molecule has 0 heterocycles. The molecule has 1 aromatic carbocycles. The summed E-state index contributed by atoms with van der Waals surface area (Å²) in [5, 5.41) is 0. The molecule has 0 bridgehead atoms. The number of anilines is 1. The van der Waals surface area contributed by atoms with E-state index in [2.05, 4.69) is 6.58 Å². The first kappa shape index (κ1) is 15.6. The molecule has 0 radical (unpaired) electrons. The molecule has 114 valence electrons. The molecule has 0 atom stereocenters. The first-order chi connectivity index (χ1) is 9.78. The summed E-state index contributed by atoms with van der Waals surface area (Å²) in [7, 11) is 0. The molecule has 0 N–H and O–H groups in total. The summed E-state index contributed by atoms with van der Waals surface area (Å²) in [5.74, 6) is 0.593. The van der Waals surface area contributed by atoms with Gasteiger partial charge in [-0.3, -0.25) is 4.90 Å². The van der Waals surface area contributed by atoms with E-state index in [-0.39, 0.29) is 6.09 Å². The van der Waals surface area contributed by atoms with Crippen LogP contribution in [0.3, 0.4) is 0 Å². The number of rotatable bonds is 4. The molecule has 1 aromatic rings. The lowest BCUT2D eigenvalue weighted by atomic mass is 10.1. The maximum Gasteiger partial charge on any atom is 0.414 e. The molecule has 3 nitrogen and oxygen atoms in total. The Hall–Kier alpha value is -1.77. The highest BCUT2D eigenvalue weighted by Gasteiger charge is 2.31. The van der Waals surface area contributed by atoms with Gasteiger partial charge in [0.25, 0.3) is 0 Å². The molecule has 1 fully saturated rings. The zero-order valence-electron chi connectivity index (χ0n) is 13.5. The normalized spacial score (nSPS) is 14.7. The SMILES string of the molecule is C=C(C)c1ccccc1N(CC1CC1)C(=O)OC(C)(C)C. The molecule has 3 heteroatoms. The summed E-state index contributed by atoms with van der Waals surface area (Å²) in [6, 6.07) is 7.89. The van der Waals surface area contributed by atoms with E-state index in [1.807, 2.05) is 52.0 Å². The van der Waals surface area contributed by atoms with Crippen LogP contribution in [0, 0.1) is 5.92 Å². The first-order valence-corrected chi connectivity index (χ1v) is 7.53. The van der Waals surface area contributed by atoms with Crippen LogP contribution in [-0.2, 0) is 4.74 Å². The quantitative estimate of drug-likeness (QED) is 0.790. The number of ether oxygens (including phenoxy) is 1. The Bertz CT molecular complexity index is 538. The zero-order chi connectivity index (χ0) is 15.6. The summed E-state index contributed by atoms with van der Waals surface area (Å²) in [6.07, 6.45) is 2.10. The fraction of sp³-hybridized carbons (Fsp3) is 0.500. The van der Waals surface area contributed by atoms with Crippen molar-refractivity contribution in [3.63, 3.8) is 0 Å². The molecular weight excluding hydrogens is 262 g/mol. The van der Waals surface area contributed by atoms with Crippen LogP contribution in [0.4, 0.5) is 10.5 Å². The van der Waals surface area contributed by atoms with Gasteiger partial charge >= 0.3 is 6.09 Å². The molecule has 1 aliphatic rings. The van der Waals surface area contributed by atoms with Crippen molar-refractivity contribution in [2.45, 2.75) is 46.1 Å². The lowest BCUT2D eigenvalue weighted by Crippen LogP contribution is -2.38. The topological polar surface area (TPSA) is 29.5 Å². The minimum absolute atomic E-state index is 0.275. The van der Waals surface area contributed by atoms with Crippen LogP contribution in [-0.4, -0.2) is 18.2 Å². The number of benzene rings is 1. The van der Waals surface area contributed by atoms with Gasteiger partial charge in [-0.25, -0.2) is 4.79 Å². The second kappa shape index (κ2) is 5.92. The molecule has 0 spiro atoms. The van der Waals surface area contributed by atoms with Crippen LogP contribution in [0.5, 0.6) is 0 Å². The molecular formula is C18H25NO2. The van der Waals surface area contributed by atoms with Gasteiger partial charge in [0.15, 0.2) is 0 Å². The Kier molecular flexibility index (Phi) is 4.40. The first-order valence-electron chi connectivity index (χ1n) is 7.53. The van der Waals surface area contributed by atoms with Crippen LogP contribution in [0.15, 0.2) is 30.8 Å². The molecule has 0 aromatic heterocycles. The van der Waals surface area contributed by atoms with Gasteiger partial charge in [-0.1, -0.05) is 24.8 Å². The molecule has 0 saturated heterocycles. The minimum atomic E-state index is -0.489. The van der Waals surface area contributed by atoms with Crippen LogP contribution in [0.2, 0.25) is 0 Å². The fourth-order valence-corrected chi connectivity index (χ4v) is 2.22. The molecule has 1 saturated carbocycles. The number of hydrogen-bond acceptors (Lipinski definition) is 2. The summed E-state index contributed by atoms with van der Waals surface area (Å²) in [5.41, 5.74) is 2.36. The monoisotopic (exact) mass is 287 g/mol. The van der Waals surface area contributed by atoms with Crippen molar-refractivity contribution in [3.05, 3.63) is 36.4 Å². The summed E-state index contributed by atoms with van der Waals surface area (Å²) in [4.78, 5) is 14.3. The van der Waals surface area contributed by atoms with Crippen molar-refractivity contribution < 1.29 is 9.53 Å². The van der Waals surface area contributed by atoms with Crippen LogP contribution in [0.1, 0.15) is 46.1 Å². The van der Waals surface area contributed by atoms with E-state index in [0.717, 1.165) is 23.4 Å². The van der Waals surface area contributed by atoms with Gasteiger partial charge in [0.05, 0.1) is 5.69 Å². The lowest BCUT2D eigenvalue weighted by Gasteiger charge is -2.29. The molecule has 2 rings (SSSR count). The third kappa shape index (κ3) is 4.35. The number of allylic oxidation sites excluding steroid dienone is 1. The third-order valence-corrected chi connectivity index (χ3v) is 3.41. The van der Waals surface area contributed by atoms with E-state index >= 15 is 0 Å². The molecule has 0 aliphatic heterocycles. The Balaban J connectivity index is 2.31. The number of nitrogens with zero attached hydrogens (tertiary/aromatic N) is 1.